The van der Waals surface area contributed by atoms with E-state index in [-0.39, 0.29) is 10.8 Å². The molecule has 24 heavy (non-hydrogen) atoms. The number of amides is 1. The van der Waals surface area contributed by atoms with Crippen LogP contribution in [0.15, 0.2) is 47.3 Å². The van der Waals surface area contributed by atoms with Crippen LogP contribution < -0.4 is 14.9 Å². The summed E-state index contributed by atoms with van der Waals surface area (Å²) in [5, 5.41) is 3.41. The molecule has 1 amide bonds. The van der Waals surface area contributed by atoms with Crippen molar-refractivity contribution in [2.24, 2.45) is 7.05 Å². The van der Waals surface area contributed by atoms with Crippen LogP contribution in [0.2, 0.25) is 5.02 Å². The Morgan fingerprint density at radius 1 is 1.25 bits per heavy atom. The SMILES string of the molecule is CC(Oc1ccc(Cl)cc1)C(=O)Nc1ccc2c(c1)sc(=O)n2C. The largest absolute Gasteiger partial charge is 0.481 e. The highest BCUT2D eigenvalue weighted by atomic mass is 35.5. The number of benzene rings is 2. The number of carbonyl (C=O) groups excluding carboxylic acids is 1. The summed E-state index contributed by atoms with van der Waals surface area (Å²) in [6.07, 6.45) is -0.670. The molecule has 5 nitrogen and oxygen atoms in total. The molecule has 0 aliphatic heterocycles. The molecule has 1 N–H and O–H groups in total. The number of thiazole rings is 1. The summed E-state index contributed by atoms with van der Waals surface area (Å²) in [5.41, 5.74) is 1.47. The lowest BCUT2D eigenvalue weighted by Crippen LogP contribution is -2.30. The van der Waals surface area contributed by atoms with Crippen LogP contribution in [-0.4, -0.2) is 16.6 Å². The number of anilines is 1. The van der Waals surface area contributed by atoms with Crippen molar-refractivity contribution in [3.05, 3.63) is 57.2 Å². The summed E-state index contributed by atoms with van der Waals surface area (Å²) < 4.78 is 8.00. The monoisotopic (exact) mass is 362 g/mol. The molecule has 3 rings (SSSR count). The van der Waals surface area contributed by atoms with Crippen LogP contribution >= 0.6 is 22.9 Å². The van der Waals surface area contributed by atoms with Crippen LogP contribution in [0.1, 0.15) is 6.92 Å². The molecule has 3 aromatic rings. The Balaban J connectivity index is 1.71. The standard InChI is InChI=1S/C17H15ClN2O3S/c1-10(23-13-6-3-11(18)4-7-13)16(21)19-12-5-8-14-15(9-12)24-17(22)20(14)2/h3-10H,1-2H3,(H,19,21). The Morgan fingerprint density at radius 2 is 1.96 bits per heavy atom. The van der Waals surface area contributed by atoms with Crippen LogP contribution in [-0.2, 0) is 11.8 Å². The van der Waals surface area contributed by atoms with E-state index in [1.54, 1.807) is 54.9 Å². The van der Waals surface area contributed by atoms with Crippen LogP contribution in [0, 0.1) is 0 Å². The van der Waals surface area contributed by atoms with Crippen LogP contribution in [0.25, 0.3) is 10.2 Å². The van der Waals surface area contributed by atoms with Gasteiger partial charge in [0.15, 0.2) is 6.10 Å². The Labute approximate surface area is 147 Å². The predicted octanol–water partition coefficient (Wildman–Crippen LogP) is 3.66. The highest BCUT2D eigenvalue weighted by Gasteiger charge is 2.15. The molecule has 1 aromatic heterocycles. The summed E-state index contributed by atoms with van der Waals surface area (Å²) >= 11 is 6.97. The molecule has 0 aliphatic rings. The van der Waals surface area contributed by atoms with Crippen molar-refractivity contribution in [3.63, 3.8) is 0 Å². The lowest BCUT2D eigenvalue weighted by atomic mass is 10.2. The Hall–Kier alpha value is -2.31. The van der Waals surface area contributed by atoms with Gasteiger partial charge in [-0.25, -0.2) is 0 Å². The fraction of sp³-hybridized carbons (Fsp3) is 0.176. The fourth-order valence-corrected chi connectivity index (χ4v) is 3.27. The van der Waals surface area contributed by atoms with E-state index < -0.39 is 6.10 Å². The molecule has 0 bridgehead atoms. The van der Waals surface area contributed by atoms with Crippen molar-refractivity contribution in [2.45, 2.75) is 13.0 Å². The third-order valence-corrected chi connectivity index (χ3v) is 4.80. The second-order valence-electron chi connectivity index (χ2n) is 5.31. The van der Waals surface area contributed by atoms with Crippen LogP contribution in [0.3, 0.4) is 0 Å². The van der Waals surface area contributed by atoms with Crippen molar-refractivity contribution in [3.8, 4) is 5.75 Å². The summed E-state index contributed by atoms with van der Waals surface area (Å²) in [5.74, 6) is 0.298. The summed E-state index contributed by atoms with van der Waals surface area (Å²) in [6.45, 7) is 1.67. The zero-order valence-electron chi connectivity index (χ0n) is 13.1. The number of aromatic nitrogens is 1. The number of aryl methyl sites for hydroxylation is 1. The summed E-state index contributed by atoms with van der Waals surface area (Å²) in [6, 6.07) is 12.2. The van der Waals surface area contributed by atoms with Crippen molar-refractivity contribution >= 4 is 44.7 Å². The first-order chi connectivity index (χ1) is 11.4. The maximum Gasteiger partial charge on any atom is 0.307 e. The smallest absolute Gasteiger partial charge is 0.307 e. The Morgan fingerprint density at radius 3 is 2.67 bits per heavy atom. The number of hydrogen-bond acceptors (Lipinski definition) is 4. The lowest BCUT2D eigenvalue weighted by molar-refractivity contribution is -0.122. The van der Waals surface area contributed by atoms with Crippen molar-refractivity contribution in [1.82, 2.24) is 4.57 Å². The second-order valence-corrected chi connectivity index (χ2v) is 6.74. The van der Waals surface area contributed by atoms with Crippen LogP contribution in [0.5, 0.6) is 5.75 Å². The summed E-state index contributed by atoms with van der Waals surface area (Å²) in [7, 11) is 1.72. The first-order valence-electron chi connectivity index (χ1n) is 7.27. The predicted molar refractivity (Wildman–Crippen MR) is 97.2 cm³/mol. The van der Waals surface area contributed by atoms with Gasteiger partial charge in [0, 0.05) is 17.8 Å². The van der Waals surface area contributed by atoms with Crippen molar-refractivity contribution in [1.29, 1.82) is 0 Å². The minimum absolute atomic E-state index is 0.0343. The molecule has 2 aromatic carbocycles. The zero-order chi connectivity index (χ0) is 17.3. The van der Waals surface area contributed by atoms with E-state index in [0.29, 0.717) is 16.5 Å². The maximum absolute atomic E-state index is 12.3. The third kappa shape index (κ3) is 3.44. The molecule has 0 aliphatic carbocycles. The molecule has 0 fully saturated rings. The number of hydrogen-bond donors (Lipinski definition) is 1. The lowest BCUT2D eigenvalue weighted by Gasteiger charge is -2.14. The number of nitrogens with one attached hydrogen (secondary N) is 1. The molecule has 0 saturated carbocycles. The highest BCUT2D eigenvalue weighted by Crippen LogP contribution is 2.22. The number of fused-ring (bicyclic) bond motifs is 1. The number of rotatable bonds is 4. The van der Waals surface area contributed by atoms with Gasteiger partial charge in [-0.1, -0.05) is 22.9 Å². The average Bonchev–Trinajstić information content (AvgIpc) is 2.83. The first kappa shape index (κ1) is 16.5. The molecule has 1 heterocycles. The van der Waals surface area contributed by atoms with Gasteiger partial charge in [0.25, 0.3) is 5.91 Å². The van der Waals surface area contributed by atoms with Crippen molar-refractivity contribution < 1.29 is 9.53 Å². The Kier molecular flexibility index (Phi) is 4.59. The van der Waals surface area contributed by atoms with Gasteiger partial charge in [0.05, 0.1) is 10.2 Å². The summed E-state index contributed by atoms with van der Waals surface area (Å²) in [4.78, 5) is 23.9. The minimum atomic E-state index is -0.670. The maximum atomic E-state index is 12.3. The molecule has 0 spiro atoms. The highest BCUT2D eigenvalue weighted by molar-refractivity contribution is 7.16. The van der Waals surface area contributed by atoms with E-state index in [1.807, 2.05) is 6.07 Å². The molecule has 1 atom stereocenters. The van der Waals surface area contributed by atoms with E-state index in [0.717, 1.165) is 21.6 Å². The zero-order valence-corrected chi connectivity index (χ0v) is 14.6. The van der Waals surface area contributed by atoms with Crippen molar-refractivity contribution in [2.75, 3.05) is 5.32 Å². The number of nitrogens with zero attached hydrogens (tertiary/aromatic N) is 1. The molecule has 7 heteroatoms. The van der Waals surface area contributed by atoms with Gasteiger partial charge in [-0.05, 0) is 49.4 Å². The minimum Gasteiger partial charge on any atom is -0.481 e. The van der Waals surface area contributed by atoms with E-state index in [4.69, 9.17) is 16.3 Å². The molecular weight excluding hydrogens is 348 g/mol. The van der Waals surface area contributed by atoms with Gasteiger partial charge < -0.3 is 14.6 Å². The quantitative estimate of drug-likeness (QED) is 0.770. The molecule has 0 radical (unpaired) electrons. The average molecular weight is 363 g/mol. The van der Waals surface area contributed by atoms with E-state index in [2.05, 4.69) is 5.32 Å². The molecule has 0 saturated heterocycles. The van der Waals surface area contributed by atoms with E-state index in [9.17, 15) is 9.59 Å². The van der Waals surface area contributed by atoms with Gasteiger partial charge in [-0.2, -0.15) is 0 Å². The first-order valence-corrected chi connectivity index (χ1v) is 8.46. The Bertz CT molecular complexity index is 947. The number of ether oxygens (including phenoxy) is 1. The van der Waals surface area contributed by atoms with Gasteiger partial charge in [0.2, 0.25) is 0 Å². The molecule has 1 unspecified atom stereocenters. The fourth-order valence-electron chi connectivity index (χ4n) is 2.23. The van der Waals surface area contributed by atoms with Crippen LogP contribution in [0.4, 0.5) is 5.69 Å². The number of carbonyl (C=O) groups is 1. The molecular formula is C17H15ClN2O3S. The van der Waals surface area contributed by atoms with E-state index in [1.165, 1.54) is 0 Å². The van der Waals surface area contributed by atoms with E-state index >= 15 is 0 Å². The van der Waals surface area contributed by atoms with Gasteiger partial charge >= 0.3 is 4.87 Å². The van der Waals surface area contributed by atoms with Gasteiger partial charge in [0.1, 0.15) is 5.75 Å². The number of halogens is 1. The van der Waals surface area contributed by atoms with Gasteiger partial charge in [-0.15, -0.1) is 0 Å². The molecule has 124 valence electrons. The topological polar surface area (TPSA) is 60.3 Å². The third-order valence-electron chi connectivity index (χ3n) is 3.56. The second kappa shape index (κ2) is 6.67. The normalized spacial score (nSPS) is 12.1. The van der Waals surface area contributed by atoms with Gasteiger partial charge in [-0.3, -0.25) is 9.59 Å².